The number of aryl methyl sites for hydroxylation is 1. The summed E-state index contributed by atoms with van der Waals surface area (Å²) in [6, 6.07) is 1.97. The third-order valence-corrected chi connectivity index (χ3v) is 3.72. The highest BCUT2D eigenvalue weighted by Crippen LogP contribution is 2.22. The second kappa shape index (κ2) is 4.74. The molecule has 104 valence electrons. The molecule has 5 heteroatoms. The van der Waals surface area contributed by atoms with Gasteiger partial charge in [0.1, 0.15) is 5.69 Å². The standard InChI is InChI=1S/C15H18N4O/c1-10(2)12-6-4-8-18(12)14(20)13-11(3)17-15-16-7-5-9-19(13)15/h4-7,9-10,12H,8H2,1-3H3/t12-/m0/s1. The van der Waals surface area contributed by atoms with E-state index >= 15 is 0 Å². The van der Waals surface area contributed by atoms with E-state index in [1.165, 1.54) is 0 Å². The van der Waals surface area contributed by atoms with Crippen molar-refractivity contribution in [1.29, 1.82) is 0 Å². The largest absolute Gasteiger partial charge is 0.327 e. The van der Waals surface area contributed by atoms with Crippen LogP contribution in [0.1, 0.15) is 30.0 Å². The second-order valence-electron chi connectivity index (χ2n) is 5.46. The summed E-state index contributed by atoms with van der Waals surface area (Å²) in [5, 5.41) is 0. The number of carbonyl (C=O) groups is 1. The average molecular weight is 270 g/mol. The van der Waals surface area contributed by atoms with Crippen molar-refractivity contribution in [1.82, 2.24) is 19.3 Å². The van der Waals surface area contributed by atoms with Crippen molar-refractivity contribution in [2.45, 2.75) is 26.8 Å². The molecule has 1 aliphatic rings. The van der Waals surface area contributed by atoms with Crippen LogP contribution < -0.4 is 0 Å². The molecule has 0 N–H and O–H groups in total. The lowest BCUT2D eigenvalue weighted by atomic mass is 10.0. The summed E-state index contributed by atoms with van der Waals surface area (Å²) in [6.45, 7) is 6.78. The lowest BCUT2D eigenvalue weighted by molar-refractivity contribution is 0.0712. The minimum absolute atomic E-state index is 0.0201. The number of fused-ring (bicyclic) bond motifs is 1. The van der Waals surface area contributed by atoms with Crippen LogP contribution in [-0.2, 0) is 0 Å². The molecule has 3 heterocycles. The maximum Gasteiger partial charge on any atom is 0.273 e. The molecule has 2 aromatic rings. The second-order valence-corrected chi connectivity index (χ2v) is 5.46. The molecule has 0 spiro atoms. The fourth-order valence-electron chi connectivity index (χ4n) is 2.73. The summed E-state index contributed by atoms with van der Waals surface area (Å²) >= 11 is 0. The topological polar surface area (TPSA) is 50.5 Å². The molecule has 0 aromatic carbocycles. The summed E-state index contributed by atoms with van der Waals surface area (Å²) in [4.78, 5) is 23.3. The fourth-order valence-corrected chi connectivity index (χ4v) is 2.73. The minimum Gasteiger partial charge on any atom is -0.327 e. The van der Waals surface area contributed by atoms with Crippen LogP contribution in [0.4, 0.5) is 0 Å². The zero-order valence-electron chi connectivity index (χ0n) is 11.9. The van der Waals surface area contributed by atoms with Gasteiger partial charge in [0.05, 0.1) is 11.7 Å². The van der Waals surface area contributed by atoms with Crippen LogP contribution in [0, 0.1) is 12.8 Å². The van der Waals surface area contributed by atoms with Gasteiger partial charge in [-0.2, -0.15) is 0 Å². The molecule has 0 bridgehead atoms. The number of aromatic nitrogens is 3. The number of hydrogen-bond acceptors (Lipinski definition) is 3. The van der Waals surface area contributed by atoms with Gasteiger partial charge in [-0.1, -0.05) is 26.0 Å². The van der Waals surface area contributed by atoms with Gasteiger partial charge >= 0.3 is 0 Å². The lowest BCUT2D eigenvalue weighted by Gasteiger charge is -2.27. The quantitative estimate of drug-likeness (QED) is 0.785. The van der Waals surface area contributed by atoms with Crippen molar-refractivity contribution in [3.05, 3.63) is 42.0 Å². The van der Waals surface area contributed by atoms with Crippen LogP contribution in [-0.4, -0.2) is 37.8 Å². The molecule has 0 radical (unpaired) electrons. The molecule has 0 fully saturated rings. The van der Waals surface area contributed by atoms with Crippen molar-refractivity contribution < 1.29 is 4.79 Å². The van der Waals surface area contributed by atoms with E-state index < -0.39 is 0 Å². The van der Waals surface area contributed by atoms with Gasteiger partial charge in [0, 0.05) is 18.9 Å². The molecule has 0 saturated heterocycles. The van der Waals surface area contributed by atoms with E-state index in [2.05, 4.69) is 36.0 Å². The number of rotatable bonds is 2. The smallest absolute Gasteiger partial charge is 0.273 e. The van der Waals surface area contributed by atoms with Gasteiger partial charge in [0.25, 0.3) is 5.91 Å². The first-order valence-electron chi connectivity index (χ1n) is 6.87. The number of nitrogens with zero attached hydrogens (tertiary/aromatic N) is 4. The van der Waals surface area contributed by atoms with Crippen molar-refractivity contribution in [2.24, 2.45) is 5.92 Å². The number of hydrogen-bond donors (Lipinski definition) is 0. The van der Waals surface area contributed by atoms with Crippen molar-refractivity contribution in [3.63, 3.8) is 0 Å². The maximum atomic E-state index is 12.9. The van der Waals surface area contributed by atoms with Crippen molar-refractivity contribution in [2.75, 3.05) is 6.54 Å². The van der Waals surface area contributed by atoms with Gasteiger partial charge < -0.3 is 4.90 Å². The number of amides is 1. The van der Waals surface area contributed by atoms with Crippen molar-refractivity contribution in [3.8, 4) is 0 Å². The van der Waals surface area contributed by atoms with E-state index in [-0.39, 0.29) is 11.9 Å². The first-order valence-corrected chi connectivity index (χ1v) is 6.87. The van der Waals surface area contributed by atoms with Crippen LogP contribution >= 0.6 is 0 Å². The number of carbonyl (C=O) groups excluding carboxylic acids is 1. The van der Waals surface area contributed by atoms with E-state index in [1.807, 2.05) is 24.1 Å². The molecule has 20 heavy (non-hydrogen) atoms. The molecule has 2 aromatic heterocycles. The predicted octanol–water partition coefficient (Wildman–Crippen LogP) is 2.07. The predicted molar refractivity (Wildman–Crippen MR) is 76.5 cm³/mol. The number of imidazole rings is 1. The first-order chi connectivity index (χ1) is 9.59. The molecular weight excluding hydrogens is 252 g/mol. The highest BCUT2D eigenvalue weighted by atomic mass is 16.2. The summed E-state index contributed by atoms with van der Waals surface area (Å²) in [7, 11) is 0. The third kappa shape index (κ3) is 1.90. The van der Waals surface area contributed by atoms with E-state index in [1.54, 1.807) is 10.6 Å². The van der Waals surface area contributed by atoms with E-state index in [9.17, 15) is 4.79 Å². The normalized spacial score (nSPS) is 18.4. The van der Waals surface area contributed by atoms with E-state index in [0.29, 0.717) is 23.9 Å². The Morgan fingerprint density at radius 1 is 1.45 bits per heavy atom. The Bertz CT molecular complexity index is 686. The maximum absolute atomic E-state index is 12.9. The minimum atomic E-state index is 0.0201. The van der Waals surface area contributed by atoms with Crippen LogP contribution in [0.3, 0.4) is 0 Å². The molecule has 1 amide bonds. The molecule has 0 aliphatic carbocycles. The molecule has 3 rings (SSSR count). The Morgan fingerprint density at radius 3 is 3.00 bits per heavy atom. The summed E-state index contributed by atoms with van der Waals surface area (Å²) in [6.07, 6.45) is 7.69. The molecular formula is C15H18N4O. The fraction of sp³-hybridized carbons (Fsp3) is 0.400. The van der Waals surface area contributed by atoms with E-state index in [0.717, 1.165) is 5.69 Å². The monoisotopic (exact) mass is 270 g/mol. The Balaban J connectivity index is 2.03. The van der Waals surface area contributed by atoms with Gasteiger partial charge in [0.15, 0.2) is 0 Å². The SMILES string of the molecule is Cc1nc2ncccn2c1C(=O)N1CC=C[C@H]1C(C)C. The Hall–Kier alpha value is -2.17. The zero-order chi connectivity index (χ0) is 14.3. The summed E-state index contributed by atoms with van der Waals surface area (Å²) in [5.74, 6) is 0.989. The first kappa shape index (κ1) is 12.8. The zero-order valence-corrected chi connectivity index (χ0v) is 11.9. The molecule has 1 aliphatic heterocycles. The summed E-state index contributed by atoms with van der Waals surface area (Å²) < 4.78 is 1.77. The van der Waals surface area contributed by atoms with Crippen LogP contribution in [0.2, 0.25) is 0 Å². The van der Waals surface area contributed by atoms with E-state index in [4.69, 9.17) is 0 Å². The van der Waals surface area contributed by atoms with Gasteiger partial charge in [-0.05, 0) is 18.9 Å². The highest BCUT2D eigenvalue weighted by Gasteiger charge is 2.30. The Kier molecular flexibility index (Phi) is 3.04. The Morgan fingerprint density at radius 2 is 2.25 bits per heavy atom. The average Bonchev–Trinajstić information content (AvgIpc) is 3.01. The summed E-state index contributed by atoms with van der Waals surface area (Å²) in [5.41, 5.74) is 1.34. The molecule has 0 unspecified atom stereocenters. The van der Waals surface area contributed by atoms with Gasteiger partial charge in [-0.15, -0.1) is 0 Å². The Labute approximate surface area is 117 Å². The third-order valence-electron chi connectivity index (χ3n) is 3.72. The van der Waals surface area contributed by atoms with Gasteiger partial charge in [-0.25, -0.2) is 9.97 Å². The molecule has 0 saturated carbocycles. The highest BCUT2D eigenvalue weighted by molar-refractivity contribution is 5.95. The van der Waals surface area contributed by atoms with Crippen LogP contribution in [0.25, 0.3) is 5.78 Å². The van der Waals surface area contributed by atoms with Gasteiger partial charge in [-0.3, -0.25) is 9.20 Å². The van der Waals surface area contributed by atoms with Crippen LogP contribution in [0.5, 0.6) is 0 Å². The van der Waals surface area contributed by atoms with Gasteiger partial charge in [0.2, 0.25) is 5.78 Å². The van der Waals surface area contributed by atoms with Crippen LogP contribution in [0.15, 0.2) is 30.6 Å². The lowest BCUT2D eigenvalue weighted by Crippen LogP contribution is -2.39. The van der Waals surface area contributed by atoms with Crippen molar-refractivity contribution >= 4 is 11.7 Å². The molecule has 5 nitrogen and oxygen atoms in total. The molecule has 1 atom stereocenters.